The molecule has 0 saturated heterocycles. The Morgan fingerprint density at radius 1 is 1.03 bits per heavy atom. The maximum absolute atomic E-state index is 12.8. The van der Waals surface area contributed by atoms with Gasteiger partial charge in [0.2, 0.25) is 5.78 Å². The average Bonchev–Trinajstić information content (AvgIpc) is 3.20. The van der Waals surface area contributed by atoms with Gasteiger partial charge in [-0.1, -0.05) is 66.2 Å². The number of allylic oxidation sites excluding steroid dienone is 1. The molecule has 0 spiro atoms. The highest BCUT2D eigenvalue weighted by atomic mass is 16.4. The van der Waals surface area contributed by atoms with Gasteiger partial charge in [-0.15, -0.1) is 0 Å². The third-order valence-electron chi connectivity index (χ3n) is 5.37. The van der Waals surface area contributed by atoms with Gasteiger partial charge >= 0.3 is 5.97 Å². The van der Waals surface area contributed by atoms with Crippen LogP contribution in [0.25, 0.3) is 6.08 Å². The first-order valence-corrected chi connectivity index (χ1v) is 10.1. The molecular weight excluding hydrogens is 374 g/mol. The number of ketones is 1. The molecule has 0 fully saturated rings. The Morgan fingerprint density at radius 3 is 2.47 bits per heavy atom. The van der Waals surface area contributed by atoms with Crippen LogP contribution in [-0.2, 0) is 16.8 Å². The summed E-state index contributed by atoms with van der Waals surface area (Å²) in [6.07, 6.45) is 6.72. The van der Waals surface area contributed by atoms with Crippen molar-refractivity contribution < 1.29 is 14.7 Å². The molecule has 4 nitrogen and oxygen atoms in total. The minimum atomic E-state index is -0.930. The molecule has 30 heavy (non-hydrogen) atoms. The average molecular weight is 402 g/mol. The molecule has 1 N–H and O–H groups in total. The summed E-state index contributed by atoms with van der Waals surface area (Å²) >= 11 is 0. The second-order valence-corrected chi connectivity index (χ2v) is 8.03. The van der Waals surface area contributed by atoms with Crippen molar-refractivity contribution in [2.45, 2.75) is 39.2 Å². The van der Waals surface area contributed by atoms with Gasteiger partial charge in [0.15, 0.2) is 0 Å². The second kappa shape index (κ2) is 8.95. The first-order valence-electron chi connectivity index (χ1n) is 10.1. The van der Waals surface area contributed by atoms with E-state index in [2.05, 4.69) is 0 Å². The molecule has 0 aliphatic heterocycles. The van der Waals surface area contributed by atoms with Gasteiger partial charge in [-0.25, -0.2) is 0 Å². The minimum Gasteiger partial charge on any atom is -0.481 e. The number of carbonyl (C=O) groups excluding carboxylic acids is 1. The Labute approximate surface area is 177 Å². The van der Waals surface area contributed by atoms with Gasteiger partial charge in [-0.2, -0.15) is 0 Å². The van der Waals surface area contributed by atoms with E-state index in [0.717, 1.165) is 23.1 Å². The monoisotopic (exact) mass is 401 g/mol. The fourth-order valence-electron chi connectivity index (χ4n) is 3.26. The molecule has 0 amide bonds. The number of hydrogen-bond donors (Lipinski definition) is 1. The maximum atomic E-state index is 12.8. The predicted molar refractivity (Wildman–Crippen MR) is 120 cm³/mol. The summed E-state index contributed by atoms with van der Waals surface area (Å²) in [5.74, 6) is -0.824. The summed E-state index contributed by atoms with van der Waals surface area (Å²) in [4.78, 5) is 24.3. The molecule has 0 atom stereocenters. The highest BCUT2D eigenvalue weighted by Gasteiger charge is 2.29. The molecule has 1 aromatic heterocycles. The molecule has 4 heteroatoms. The van der Waals surface area contributed by atoms with E-state index in [4.69, 9.17) is 0 Å². The predicted octanol–water partition coefficient (Wildman–Crippen LogP) is 5.49. The lowest BCUT2D eigenvalue weighted by molar-refractivity contribution is -0.142. The molecule has 1 heterocycles. The van der Waals surface area contributed by atoms with Crippen LogP contribution >= 0.6 is 0 Å². The van der Waals surface area contributed by atoms with Crippen LogP contribution in [0.5, 0.6) is 0 Å². The van der Waals surface area contributed by atoms with Crippen LogP contribution in [0, 0.1) is 6.92 Å². The maximum Gasteiger partial charge on any atom is 0.313 e. The second-order valence-electron chi connectivity index (χ2n) is 8.03. The Balaban J connectivity index is 1.66. The first-order chi connectivity index (χ1) is 14.3. The van der Waals surface area contributed by atoms with Crippen LogP contribution < -0.4 is 0 Å². The van der Waals surface area contributed by atoms with Crippen LogP contribution in [0.1, 0.15) is 53.0 Å². The van der Waals surface area contributed by atoms with E-state index in [1.807, 2.05) is 90.5 Å². The van der Waals surface area contributed by atoms with Crippen molar-refractivity contribution in [2.24, 2.45) is 0 Å². The van der Waals surface area contributed by atoms with Gasteiger partial charge in [0, 0.05) is 18.3 Å². The molecule has 2 aromatic carbocycles. The number of rotatable bonds is 8. The standard InChI is InChI=1S/C26H27NO3/c1-19-12-14-21(15-13-19)24(28)23-11-7-17-27(23)16-5-4-8-20-9-6-10-22(18-20)26(2,3)25(29)30/h4,6-15,17-18H,5,16H2,1-3H3,(H,29,30). The summed E-state index contributed by atoms with van der Waals surface area (Å²) in [7, 11) is 0. The van der Waals surface area contributed by atoms with Crippen LogP contribution in [0.4, 0.5) is 0 Å². The number of aliphatic carboxylic acids is 1. The van der Waals surface area contributed by atoms with E-state index in [1.54, 1.807) is 13.8 Å². The number of aryl methyl sites for hydroxylation is 2. The van der Waals surface area contributed by atoms with Crippen molar-refractivity contribution in [1.29, 1.82) is 0 Å². The molecule has 0 radical (unpaired) electrons. The van der Waals surface area contributed by atoms with E-state index in [9.17, 15) is 14.7 Å². The molecule has 3 aromatic rings. The molecule has 0 aliphatic rings. The van der Waals surface area contributed by atoms with Crippen LogP contribution in [0.2, 0.25) is 0 Å². The number of hydrogen-bond acceptors (Lipinski definition) is 2. The van der Waals surface area contributed by atoms with Crippen molar-refractivity contribution in [2.75, 3.05) is 0 Å². The van der Waals surface area contributed by atoms with E-state index in [1.165, 1.54) is 0 Å². The highest BCUT2D eigenvalue weighted by molar-refractivity contribution is 6.08. The largest absolute Gasteiger partial charge is 0.481 e. The van der Waals surface area contributed by atoms with Crippen molar-refractivity contribution in [1.82, 2.24) is 4.57 Å². The number of aromatic nitrogens is 1. The molecule has 154 valence electrons. The lowest BCUT2D eigenvalue weighted by Crippen LogP contribution is -2.28. The SMILES string of the molecule is Cc1ccc(C(=O)c2cccn2CCC=Cc2cccc(C(C)(C)C(=O)O)c2)cc1. The third-order valence-corrected chi connectivity index (χ3v) is 5.37. The summed E-state index contributed by atoms with van der Waals surface area (Å²) < 4.78 is 1.97. The Morgan fingerprint density at radius 2 is 1.77 bits per heavy atom. The number of nitrogens with zero attached hydrogens (tertiary/aromatic N) is 1. The van der Waals surface area contributed by atoms with Crippen molar-refractivity contribution >= 4 is 17.8 Å². The Kier molecular flexibility index (Phi) is 6.36. The lowest BCUT2D eigenvalue weighted by Gasteiger charge is -2.19. The molecule has 0 saturated carbocycles. The summed E-state index contributed by atoms with van der Waals surface area (Å²) in [6, 6.07) is 18.9. The Hall–Kier alpha value is -3.40. The van der Waals surface area contributed by atoms with Crippen LogP contribution in [0.3, 0.4) is 0 Å². The fourth-order valence-corrected chi connectivity index (χ4v) is 3.26. The molecule has 3 rings (SSSR count). The molecule has 0 unspecified atom stereocenters. The lowest BCUT2D eigenvalue weighted by atomic mass is 9.84. The number of carboxylic acids is 1. The summed E-state index contributed by atoms with van der Waals surface area (Å²) in [5, 5.41) is 9.42. The molecule has 0 bridgehead atoms. The van der Waals surface area contributed by atoms with Crippen LogP contribution in [0.15, 0.2) is 72.9 Å². The van der Waals surface area contributed by atoms with Gasteiger partial charge in [0.05, 0.1) is 11.1 Å². The van der Waals surface area contributed by atoms with E-state index < -0.39 is 11.4 Å². The van der Waals surface area contributed by atoms with E-state index in [-0.39, 0.29) is 5.78 Å². The zero-order valence-corrected chi connectivity index (χ0v) is 17.6. The van der Waals surface area contributed by atoms with Gasteiger partial charge in [0.25, 0.3) is 0 Å². The highest BCUT2D eigenvalue weighted by Crippen LogP contribution is 2.24. The number of carbonyl (C=O) groups is 2. The normalized spacial score (nSPS) is 11.7. The smallest absolute Gasteiger partial charge is 0.313 e. The zero-order valence-electron chi connectivity index (χ0n) is 17.6. The number of carboxylic acid groups (broad SMARTS) is 1. The molecular formula is C26H27NO3. The minimum absolute atomic E-state index is 0.0209. The van der Waals surface area contributed by atoms with Crippen molar-refractivity contribution in [3.63, 3.8) is 0 Å². The quantitative estimate of drug-likeness (QED) is 0.508. The van der Waals surface area contributed by atoms with E-state index in [0.29, 0.717) is 17.8 Å². The third kappa shape index (κ3) is 4.77. The van der Waals surface area contributed by atoms with Gasteiger partial charge in [-0.05, 0) is 50.5 Å². The topological polar surface area (TPSA) is 59.3 Å². The van der Waals surface area contributed by atoms with E-state index >= 15 is 0 Å². The summed E-state index contributed by atoms with van der Waals surface area (Å²) in [5.41, 5.74) is 3.30. The van der Waals surface area contributed by atoms with Crippen molar-refractivity contribution in [3.05, 3.63) is 101 Å². The Bertz CT molecular complexity index is 1070. The van der Waals surface area contributed by atoms with Gasteiger partial charge in [-0.3, -0.25) is 9.59 Å². The van der Waals surface area contributed by atoms with Gasteiger partial charge in [0.1, 0.15) is 0 Å². The summed E-state index contributed by atoms with van der Waals surface area (Å²) in [6.45, 7) is 6.10. The number of benzene rings is 2. The van der Waals surface area contributed by atoms with Gasteiger partial charge < -0.3 is 9.67 Å². The zero-order chi connectivity index (χ0) is 21.7. The first kappa shape index (κ1) is 21.3. The fraction of sp³-hybridized carbons (Fsp3) is 0.231. The van der Waals surface area contributed by atoms with Crippen LogP contribution in [-0.4, -0.2) is 21.4 Å². The van der Waals surface area contributed by atoms with Crippen molar-refractivity contribution in [3.8, 4) is 0 Å². The molecule has 0 aliphatic carbocycles.